The molecule has 0 bridgehead atoms. The molecule has 130 valence electrons. The Morgan fingerprint density at radius 2 is 2.08 bits per heavy atom. The molecule has 8 nitrogen and oxygen atoms in total. The number of aliphatic imine (C=N–C) groups is 2. The number of amidine groups is 1. The molecule has 0 aromatic carbocycles. The summed E-state index contributed by atoms with van der Waals surface area (Å²) in [7, 11) is 0. The normalized spacial score (nSPS) is 22.6. The van der Waals surface area contributed by atoms with Crippen molar-refractivity contribution in [3.05, 3.63) is 36.2 Å². The molecule has 0 aliphatic carbocycles. The molecule has 1 aromatic rings. The van der Waals surface area contributed by atoms with Gasteiger partial charge in [0.1, 0.15) is 17.4 Å². The van der Waals surface area contributed by atoms with E-state index < -0.39 is 0 Å². The Hall–Kier alpha value is -2.77. The van der Waals surface area contributed by atoms with Gasteiger partial charge in [-0.15, -0.1) is 0 Å². The van der Waals surface area contributed by atoms with E-state index in [9.17, 15) is 4.79 Å². The van der Waals surface area contributed by atoms with Crippen molar-refractivity contribution in [2.24, 2.45) is 9.98 Å². The van der Waals surface area contributed by atoms with Crippen LogP contribution in [-0.4, -0.2) is 81.5 Å². The number of aromatic nitrogens is 2. The van der Waals surface area contributed by atoms with Crippen LogP contribution in [0.25, 0.3) is 0 Å². The van der Waals surface area contributed by atoms with Gasteiger partial charge in [0.25, 0.3) is 5.91 Å². The molecule has 1 unspecified atom stereocenters. The summed E-state index contributed by atoms with van der Waals surface area (Å²) in [6, 6.07) is 0.360. The number of rotatable bonds is 3. The van der Waals surface area contributed by atoms with Crippen LogP contribution in [0.5, 0.6) is 0 Å². The Morgan fingerprint density at radius 1 is 1.24 bits per heavy atom. The van der Waals surface area contributed by atoms with Crippen molar-refractivity contribution in [3.63, 3.8) is 0 Å². The zero-order valence-corrected chi connectivity index (χ0v) is 14.2. The Labute approximate surface area is 146 Å². The molecule has 0 saturated carbocycles. The summed E-state index contributed by atoms with van der Waals surface area (Å²) >= 11 is 0. The number of fused-ring (bicyclic) bond motifs is 1. The van der Waals surface area contributed by atoms with Crippen molar-refractivity contribution in [3.8, 4) is 0 Å². The zero-order valence-electron chi connectivity index (χ0n) is 14.2. The molecule has 4 heterocycles. The molecular formula is C17H21N7O. The highest BCUT2D eigenvalue weighted by atomic mass is 16.2. The Balaban J connectivity index is 1.39. The van der Waals surface area contributed by atoms with E-state index in [2.05, 4.69) is 37.8 Å². The molecule has 0 spiro atoms. The topological polar surface area (TPSA) is 77.3 Å². The third-order valence-electron chi connectivity index (χ3n) is 4.75. The quantitative estimate of drug-likeness (QED) is 0.806. The van der Waals surface area contributed by atoms with Crippen LogP contribution in [0, 0.1) is 0 Å². The van der Waals surface area contributed by atoms with E-state index in [0.29, 0.717) is 24.8 Å². The van der Waals surface area contributed by atoms with Gasteiger partial charge in [0, 0.05) is 51.2 Å². The maximum atomic E-state index is 12.4. The van der Waals surface area contributed by atoms with Gasteiger partial charge in [-0.3, -0.25) is 14.8 Å². The lowest BCUT2D eigenvalue weighted by atomic mass is 10.2. The molecule has 3 aliphatic rings. The van der Waals surface area contributed by atoms with Gasteiger partial charge >= 0.3 is 0 Å². The third-order valence-corrected chi connectivity index (χ3v) is 4.75. The van der Waals surface area contributed by atoms with E-state index >= 15 is 0 Å². The predicted octanol–water partition coefficient (Wildman–Crippen LogP) is 0.610. The third kappa shape index (κ3) is 3.11. The van der Waals surface area contributed by atoms with Crippen LogP contribution < -0.4 is 0 Å². The molecule has 1 saturated heterocycles. The van der Waals surface area contributed by atoms with Gasteiger partial charge in [-0.1, -0.05) is 6.92 Å². The summed E-state index contributed by atoms with van der Waals surface area (Å²) in [4.78, 5) is 35.9. The lowest BCUT2D eigenvalue weighted by Crippen LogP contribution is -2.48. The second kappa shape index (κ2) is 6.62. The summed E-state index contributed by atoms with van der Waals surface area (Å²) in [5.41, 5.74) is 0.396. The van der Waals surface area contributed by atoms with Crippen LogP contribution in [0.1, 0.15) is 23.8 Å². The van der Waals surface area contributed by atoms with Crippen molar-refractivity contribution < 1.29 is 4.79 Å². The second-order valence-electron chi connectivity index (χ2n) is 6.32. The average molecular weight is 339 g/mol. The highest BCUT2D eigenvalue weighted by Gasteiger charge is 2.28. The average Bonchev–Trinajstić information content (AvgIpc) is 3.10. The fourth-order valence-corrected chi connectivity index (χ4v) is 3.23. The molecule has 1 atom stereocenters. The number of hydrogen-bond acceptors (Lipinski definition) is 7. The van der Waals surface area contributed by atoms with Crippen molar-refractivity contribution in [2.45, 2.75) is 19.4 Å². The van der Waals surface area contributed by atoms with Gasteiger partial charge in [-0.05, 0) is 6.42 Å². The lowest BCUT2D eigenvalue weighted by Gasteiger charge is -2.36. The first-order valence-electron chi connectivity index (χ1n) is 8.65. The maximum absolute atomic E-state index is 12.4. The molecule has 0 radical (unpaired) electrons. The van der Waals surface area contributed by atoms with E-state index in [-0.39, 0.29) is 5.91 Å². The standard InChI is InChI=1S/C17H21N7O/c1-2-13-11-24-12-20-15(9-16(24)21-13)22-5-7-23(8-6-22)17(25)14-10-18-3-4-19-14/h3-4,9-10,12-13H,2,5-8,11H2,1H3. The minimum atomic E-state index is -0.0639. The minimum Gasteiger partial charge on any atom is -0.353 e. The van der Waals surface area contributed by atoms with Crippen molar-refractivity contribution in [1.82, 2.24) is 24.7 Å². The maximum Gasteiger partial charge on any atom is 0.274 e. The lowest BCUT2D eigenvalue weighted by molar-refractivity contribution is 0.0662. The smallest absolute Gasteiger partial charge is 0.274 e. The second-order valence-corrected chi connectivity index (χ2v) is 6.32. The molecular weight excluding hydrogens is 318 g/mol. The molecule has 1 fully saturated rings. The number of hydrogen-bond donors (Lipinski definition) is 0. The van der Waals surface area contributed by atoms with Gasteiger partial charge < -0.3 is 14.7 Å². The highest BCUT2D eigenvalue weighted by Crippen LogP contribution is 2.20. The van der Waals surface area contributed by atoms with E-state index in [1.54, 1.807) is 12.4 Å². The number of piperazine rings is 1. The van der Waals surface area contributed by atoms with E-state index in [1.807, 2.05) is 11.2 Å². The van der Waals surface area contributed by atoms with Crippen LogP contribution in [0.3, 0.4) is 0 Å². The van der Waals surface area contributed by atoms with Gasteiger partial charge in [-0.2, -0.15) is 0 Å². The van der Waals surface area contributed by atoms with Crippen LogP contribution in [0.4, 0.5) is 0 Å². The number of carbonyl (C=O) groups excluding carboxylic acids is 1. The molecule has 1 aromatic heterocycles. The SMILES string of the molecule is CCC1CN2C=NC(N3CCN(C(=O)c4cnccn4)CC3)=CC2=N1. The van der Waals surface area contributed by atoms with Gasteiger partial charge in [0.05, 0.1) is 18.6 Å². The summed E-state index contributed by atoms with van der Waals surface area (Å²) in [5, 5.41) is 0. The van der Waals surface area contributed by atoms with Crippen LogP contribution in [0.2, 0.25) is 0 Å². The first kappa shape index (κ1) is 15.7. The summed E-state index contributed by atoms with van der Waals surface area (Å²) in [6.07, 6.45) is 9.60. The fourth-order valence-electron chi connectivity index (χ4n) is 3.23. The molecule has 3 aliphatic heterocycles. The van der Waals surface area contributed by atoms with Crippen molar-refractivity contribution in [1.29, 1.82) is 0 Å². The zero-order chi connectivity index (χ0) is 17.2. The first-order chi connectivity index (χ1) is 12.2. The van der Waals surface area contributed by atoms with Crippen molar-refractivity contribution >= 4 is 18.1 Å². The first-order valence-corrected chi connectivity index (χ1v) is 8.65. The monoisotopic (exact) mass is 339 g/mol. The van der Waals surface area contributed by atoms with Crippen LogP contribution in [0.15, 0.2) is 40.5 Å². The van der Waals surface area contributed by atoms with E-state index in [1.165, 1.54) is 6.20 Å². The highest BCUT2D eigenvalue weighted by molar-refractivity contribution is 6.03. The van der Waals surface area contributed by atoms with Gasteiger partial charge in [0.2, 0.25) is 0 Å². The Morgan fingerprint density at radius 3 is 2.80 bits per heavy atom. The van der Waals surface area contributed by atoms with Gasteiger partial charge in [0.15, 0.2) is 0 Å². The molecule has 0 N–H and O–H groups in total. The number of amides is 1. The van der Waals surface area contributed by atoms with Crippen molar-refractivity contribution in [2.75, 3.05) is 32.7 Å². The molecule has 25 heavy (non-hydrogen) atoms. The minimum absolute atomic E-state index is 0.0639. The van der Waals surface area contributed by atoms with Crippen LogP contribution >= 0.6 is 0 Å². The summed E-state index contributed by atoms with van der Waals surface area (Å²) in [6.45, 7) is 5.87. The molecule has 1 amide bonds. The van der Waals surface area contributed by atoms with Crippen LogP contribution in [-0.2, 0) is 0 Å². The fraction of sp³-hybridized carbons (Fsp3) is 0.471. The Bertz CT molecular complexity index is 735. The molecule has 8 heteroatoms. The predicted molar refractivity (Wildman–Crippen MR) is 94.3 cm³/mol. The summed E-state index contributed by atoms with van der Waals surface area (Å²) < 4.78 is 0. The van der Waals surface area contributed by atoms with E-state index in [4.69, 9.17) is 4.99 Å². The summed E-state index contributed by atoms with van der Waals surface area (Å²) in [5.74, 6) is 1.86. The van der Waals surface area contributed by atoms with E-state index in [0.717, 1.165) is 37.7 Å². The number of nitrogens with zero attached hydrogens (tertiary/aromatic N) is 7. The largest absolute Gasteiger partial charge is 0.353 e. The van der Waals surface area contributed by atoms with Gasteiger partial charge in [-0.25, -0.2) is 9.98 Å². The Kier molecular flexibility index (Phi) is 4.17. The number of carbonyl (C=O) groups is 1. The molecule has 4 rings (SSSR count).